The standard InChI is InChI=1S/C14H18BrFO2/c1-4-14(5-2,18-6-3)13(17)10-8-7-9-11(15)12(10)16/h7-9H,4-6H2,1-3H3. The van der Waals surface area contributed by atoms with E-state index in [9.17, 15) is 9.18 Å². The molecule has 4 heteroatoms. The normalized spacial score (nSPS) is 11.6. The molecule has 0 unspecified atom stereocenters. The summed E-state index contributed by atoms with van der Waals surface area (Å²) in [5.41, 5.74) is -0.836. The molecular formula is C14H18BrFO2. The zero-order valence-corrected chi connectivity index (χ0v) is 12.5. The Labute approximate surface area is 116 Å². The number of hydrogen-bond acceptors (Lipinski definition) is 2. The molecule has 0 saturated carbocycles. The van der Waals surface area contributed by atoms with Crippen LogP contribution in [-0.2, 0) is 4.74 Å². The van der Waals surface area contributed by atoms with Crippen LogP contribution in [0.5, 0.6) is 0 Å². The van der Waals surface area contributed by atoms with Crippen LogP contribution < -0.4 is 0 Å². The van der Waals surface area contributed by atoms with Crippen LogP contribution in [-0.4, -0.2) is 18.0 Å². The van der Waals surface area contributed by atoms with Gasteiger partial charge >= 0.3 is 0 Å². The highest BCUT2D eigenvalue weighted by atomic mass is 79.9. The Morgan fingerprint density at radius 1 is 1.33 bits per heavy atom. The zero-order chi connectivity index (χ0) is 13.8. The number of Topliss-reactive ketones (excluding diaryl/α,β-unsaturated/α-hetero) is 1. The maximum atomic E-state index is 14.0. The molecule has 100 valence electrons. The average Bonchev–Trinajstić information content (AvgIpc) is 2.38. The first-order valence-corrected chi connectivity index (χ1v) is 6.94. The van der Waals surface area contributed by atoms with Gasteiger partial charge in [0.2, 0.25) is 0 Å². The average molecular weight is 317 g/mol. The second-order valence-electron chi connectivity index (χ2n) is 4.06. The second-order valence-corrected chi connectivity index (χ2v) is 4.92. The van der Waals surface area contributed by atoms with Gasteiger partial charge in [-0.3, -0.25) is 4.79 Å². The van der Waals surface area contributed by atoms with E-state index in [4.69, 9.17) is 4.74 Å². The van der Waals surface area contributed by atoms with Gasteiger partial charge in [0, 0.05) is 6.61 Å². The Morgan fingerprint density at radius 2 is 1.94 bits per heavy atom. The molecule has 0 saturated heterocycles. The Bertz CT molecular complexity index is 428. The third kappa shape index (κ3) is 2.81. The summed E-state index contributed by atoms with van der Waals surface area (Å²) in [7, 11) is 0. The van der Waals surface area contributed by atoms with Crippen molar-refractivity contribution in [2.45, 2.75) is 39.2 Å². The molecule has 0 amide bonds. The summed E-state index contributed by atoms with van der Waals surface area (Å²) in [6, 6.07) is 4.73. The molecule has 0 aliphatic carbocycles. The predicted molar refractivity (Wildman–Crippen MR) is 73.4 cm³/mol. The summed E-state index contributed by atoms with van der Waals surface area (Å²) in [6.07, 6.45) is 1.06. The lowest BCUT2D eigenvalue weighted by Gasteiger charge is -2.30. The van der Waals surface area contributed by atoms with E-state index in [1.165, 1.54) is 6.07 Å². The molecule has 1 aromatic carbocycles. The monoisotopic (exact) mass is 316 g/mol. The highest BCUT2D eigenvalue weighted by molar-refractivity contribution is 9.10. The number of rotatable bonds is 6. The van der Waals surface area contributed by atoms with Crippen molar-refractivity contribution in [3.8, 4) is 0 Å². The minimum absolute atomic E-state index is 0.0847. The molecule has 18 heavy (non-hydrogen) atoms. The number of hydrogen-bond donors (Lipinski definition) is 0. The van der Waals surface area contributed by atoms with Crippen LogP contribution in [0.4, 0.5) is 4.39 Å². The van der Waals surface area contributed by atoms with Crippen molar-refractivity contribution < 1.29 is 13.9 Å². The van der Waals surface area contributed by atoms with E-state index in [-0.39, 0.29) is 11.3 Å². The van der Waals surface area contributed by atoms with E-state index in [2.05, 4.69) is 15.9 Å². The van der Waals surface area contributed by atoms with Gasteiger partial charge in [0.1, 0.15) is 11.4 Å². The van der Waals surface area contributed by atoms with Gasteiger partial charge in [0.05, 0.1) is 10.0 Å². The number of ether oxygens (including phenoxy) is 1. The van der Waals surface area contributed by atoms with Crippen LogP contribution in [0.2, 0.25) is 0 Å². The Kier molecular flexibility index (Phi) is 5.47. The molecular weight excluding hydrogens is 299 g/mol. The van der Waals surface area contributed by atoms with E-state index in [1.54, 1.807) is 12.1 Å². The Balaban J connectivity index is 3.22. The maximum Gasteiger partial charge on any atom is 0.197 e. The molecule has 0 atom stereocenters. The molecule has 0 radical (unpaired) electrons. The molecule has 0 heterocycles. The van der Waals surface area contributed by atoms with Crippen LogP contribution in [0, 0.1) is 5.82 Å². The first kappa shape index (κ1) is 15.3. The molecule has 0 fully saturated rings. The van der Waals surface area contributed by atoms with Gasteiger partial charge in [-0.2, -0.15) is 0 Å². The Hall–Kier alpha value is -0.740. The van der Waals surface area contributed by atoms with Gasteiger partial charge < -0.3 is 4.74 Å². The highest BCUT2D eigenvalue weighted by Crippen LogP contribution is 2.29. The van der Waals surface area contributed by atoms with Crippen molar-refractivity contribution in [2.24, 2.45) is 0 Å². The van der Waals surface area contributed by atoms with Crippen molar-refractivity contribution in [1.29, 1.82) is 0 Å². The first-order chi connectivity index (χ1) is 8.52. The molecule has 0 N–H and O–H groups in total. The van der Waals surface area contributed by atoms with Gasteiger partial charge in [0.25, 0.3) is 0 Å². The summed E-state index contributed by atoms with van der Waals surface area (Å²) < 4.78 is 19.9. The number of carbonyl (C=O) groups excluding carboxylic acids is 1. The van der Waals surface area contributed by atoms with E-state index in [1.807, 2.05) is 20.8 Å². The molecule has 2 nitrogen and oxygen atoms in total. The summed E-state index contributed by atoms with van der Waals surface area (Å²) in [5.74, 6) is -0.804. The molecule has 0 bridgehead atoms. The fourth-order valence-corrected chi connectivity index (χ4v) is 2.41. The number of halogens is 2. The smallest absolute Gasteiger partial charge is 0.197 e. The molecule has 0 aliphatic rings. The minimum atomic E-state index is -0.920. The van der Waals surface area contributed by atoms with Crippen LogP contribution in [0.25, 0.3) is 0 Å². The largest absolute Gasteiger partial charge is 0.367 e. The first-order valence-electron chi connectivity index (χ1n) is 6.15. The van der Waals surface area contributed by atoms with Crippen LogP contribution in [0.3, 0.4) is 0 Å². The number of benzene rings is 1. The lowest BCUT2D eigenvalue weighted by molar-refractivity contribution is -0.0253. The van der Waals surface area contributed by atoms with Crippen molar-refractivity contribution in [3.63, 3.8) is 0 Å². The SMILES string of the molecule is CCOC(CC)(CC)C(=O)c1cccc(Br)c1F. The van der Waals surface area contributed by atoms with Crippen molar-refractivity contribution in [2.75, 3.05) is 6.61 Å². The predicted octanol–water partition coefficient (Wildman–Crippen LogP) is 4.37. The third-order valence-corrected chi connectivity index (χ3v) is 3.79. The van der Waals surface area contributed by atoms with Gasteiger partial charge in [-0.15, -0.1) is 0 Å². The van der Waals surface area contributed by atoms with Crippen molar-refractivity contribution >= 4 is 21.7 Å². The van der Waals surface area contributed by atoms with Crippen LogP contribution >= 0.6 is 15.9 Å². The molecule has 0 aliphatic heterocycles. The fraction of sp³-hybridized carbons (Fsp3) is 0.500. The fourth-order valence-electron chi connectivity index (χ4n) is 2.04. The van der Waals surface area contributed by atoms with Crippen LogP contribution in [0.15, 0.2) is 22.7 Å². The summed E-state index contributed by atoms with van der Waals surface area (Å²) >= 11 is 3.10. The number of ketones is 1. The van der Waals surface area contributed by atoms with E-state index < -0.39 is 11.4 Å². The maximum absolute atomic E-state index is 14.0. The Morgan fingerprint density at radius 3 is 2.44 bits per heavy atom. The lowest BCUT2D eigenvalue weighted by Crippen LogP contribution is -2.41. The molecule has 1 rings (SSSR count). The third-order valence-electron chi connectivity index (χ3n) is 3.17. The summed E-state index contributed by atoms with van der Waals surface area (Å²) in [6.45, 7) is 6.04. The second kappa shape index (κ2) is 6.43. The quantitative estimate of drug-likeness (QED) is 0.729. The minimum Gasteiger partial charge on any atom is -0.367 e. The van der Waals surface area contributed by atoms with Gasteiger partial charge in [-0.05, 0) is 47.8 Å². The highest BCUT2D eigenvalue weighted by Gasteiger charge is 2.37. The molecule has 0 aromatic heterocycles. The zero-order valence-electron chi connectivity index (χ0n) is 10.9. The van der Waals surface area contributed by atoms with E-state index >= 15 is 0 Å². The number of carbonyl (C=O) groups is 1. The van der Waals surface area contributed by atoms with Gasteiger partial charge in [-0.1, -0.05) is 19.9 Å². The van der Waals surface area contributed by atoms with E-state index in [0.29, 0.717) is 23.9 Å². The van der Waals surface area contributed by atoms with Crippen molar-refractivity contribution in [1.82, 2.24) is 0 Å². The lowest BCUT2D eigenvalue weighted by atomic mass is 9.87. The van der Waals surface area contributed by atoms with E-state index in [0.717, 1.165) is 0 Å². The topological polar surface area (TPSA) is 26.3 Å². The van der Waals surface area contributed by atoms with Gasteiger partial charge in [-0.25, -0.2) is 4.39 Å². The van der Waals surface area contributed by atoms with Crippen molar-refractivity contribution in [3.05, 3.63) is 34.1 Å². The van der Waals surface area contributed by atoms with Crippen LogP contribution in [0.1, 0.15) is 44.0 Å². The molecule has 0 spiro atoms. The van der Waals surface area contributed by atoms with Gasteiger partial charge in [0.15, 0.2) is 5.78 Å². The summed E-state index contributed by atoms with van der Waals surface area (Å²) in [5, 5.41) is 0. The molecule has 1 aromatic rings. The summed E-state index contributed by atoms with van der Waals surface area (Å²) in [4.78, 5) is 12.5.